The fourth-order valence-corrected chi connectivity index (χ4v) is 4.51. The third-order valence-corrected chi connectivity index (χ3v) is 6.25. The molecule has 4 aromatic rings. The third kappa shape index (κ3) is 4.05. The predicted molar refractivity (Wildman–Crippen MR) is 124 cm³/mol. The fraction of sp³-hybridized carbons (Fsp3) is 0.286. The van der Waals surface area contributed by atoms with Gasteiger partial charge in [0.25, 0.3) is 0 Å². The number of fused-ring (bicyclic) bond motifs is 1. The number of halogens is 3. The van der Waals surface area contributed by atoms with Crippen molar-refractivity contribution in [1.82, 2.24) is 29.9 Å². The van der Waals surface area contributed by atoms with Gasteiger partial charge in [0.05, 0.1) is 17.4 Å². The second-order valence-electron chi connectivity index (χ2n) is 7.67. The number of piperazine rings is 1. The van der Waals surface area contributed by atoms with E-state index >= 15 is 0 Å². The molecule has 1 saturated heterocycles. The highest BCUT2D eigenvalue weighted by Gasteiger charge is 2.21. The lowest BCUT2D eigenvalue weighted by Gasteiger charge is -2.28. The Bertz CT molecular complexity index is 1380. The molecule has 0 radical (unpaired) electrons. The average molecular weight is 492 g/mol. The van der Waals surface area contributed by atoms with Gasteiger partial charge < -0.3 is 10.2 Å². The molecule has 0 saturated carbocycles. The van der Waals surface area contributed by atoms with Crippen molar-refractivity contribution in [3.05, 3.63) is 68.7 Å². The van der Waals surface area contributed by atoms with Gasteiger partial charge in [-0.25, -0.2) is 14.2 Å². The SMILES string of the molecule is CC(On1c(=O)[nH]c2ncc(-c3cnn(N4CCNCC4)c3)cc21)c1c(Cl)ccc(F)c1Cl. The van der Waals surface area contributed by atoms with Crippen molar-refractivity contribution in [3.63, 3.8) is 0 Å². The molecule has 0 aliphatic carbocycles. The first-order valence-electron chi connectivity index (χ1n) is 10.3. The first-order chi connectivity index (χ1) is 15.9. The van der Waals surface area contributed by atoms with Crippen molar-refractivity contribution in [3.8, 4) is 11.1 Å². The molecule has 1 atom stereocenters. The molecule has 172 valence electrons. The second kappa shape index (κ2) is 8.69. The van der Waals surface area contributed by atoms with Crippen LogP contribution in [0.25, 0.3) is 22.3 Å². The maximum absolute atomic E-state index is 14.0. The Morgan fingerprint density at radius 2 is 1.97 bits per heavy atom. The number of imidazole rings is 1. The largest absolute Gasteiger partial charge is 0.401 e. The number of hydrogen-bond acceptors (Lipinski definition) is 6. The van der Waals surface area contributed by atoms with Crippen molar-refractivity contribution < 1.29 is 9.23 Å². The van der Waals surface area contributed by atoms with Crippen LogP contribution in [0.2, 0.25) is 10.0 Å². The van der Waals surface area contributed by atoms with Crippen LogP contribution in [0, 0.1) is 5.82 Å². The normalized spacial score (nSPS) is 15.2. The third-order valence-electron chi connectivity index (χ3n) is 5.53. The molecule has 1 aromatic carbocycles. The number of nitrogens with one attached hydrogen (secondary N) is 2. The maximum atomic E-state index is 14.0. The molecular formula is C21H20Cl2FN7O2. The van der Waals surface area contributed by atoms with E-state index in [9.17, 15) is 9.18 Å². The molecule has 1 aliphatic heterocycles. The minimum Gasteiger partial charge on any atom is -0.401 e. The topological polar surface area (TPSA) is 93.0 Å². The molecule has 33 heavy (non-hydrogen) atoms. The number of rotatable bonds is 5. The van der Waals surface area contributed by atoms with Crippen LogP contribution in [0.3, 0.4) is 0 Å². The zero-order valence-electron chi connectivity index (χ0n) is 17.6. The fourth-order valence-electron chi connectivity index (χ4n) is 3.83. The van der Waals surface area contributed by atoms with Crippen LogP contribution in [0.1, 0.15) is 18.6 Å². The molecule has 0 spiro atoms. The molecule has 5 rings (SSSR count). The molecular weight excluding hydrogens is 472 g/mol. The van der Waals surface area contributed by atoms with Gasteiger partial charge in [0.2, 0.25) is 0 Å². The van der Waals surface area contributed by atoms with E-state index in [0.29, 0.717) is 11.2 Å². The summed E-state index contributed by atoms with van der Waals surface area (Å²) in [7, 11) is 0. The Hall–Kier alpha value is -3.08. The molecule has 3 aromatic heterocycles. The Kier molecular flexibility index (Phi) is 5.73. The minimum atomic E-state index is -0.809. The Labute approximate surface area is 197 Å². The van der Waals surface area contributed by atoms with E-state index in [1.54, 1.807) is 25.4 Å². The van der Waals surface area contributed by atoms with E-state index in [1.807, 2.05) is 11.0 Å². The van der Waals surface area contributed by atoms with E-state index in [1.165, 1.54) is 12.1 Å². The van der Waals surface area contributed by atoms with Crippen molar-refractivity contribution in [2.24, 2.45) is 0 Å². The zero-order chi connectivity index (χ0) is 23.1. The Morgan fingerprint density at radius 3 is 2.76 bits per heavy atom. The van der Waals surface area contributed by atoms with E-state index in [0.717, 1.165) is 42.0 Å². The lowest BCUT2D eigenvalue weighted by molar-refractivity contribution is 0.0492. The quantitative estimate of drug-likeness (QED) is 0.417. The molecule has 2 N–H and O–H groups in total. The number of benzene rings is 1. The Balaban J connectivity index is 1.48. The molecule has 0 bridgehead atoms. The highest BCUT2D eigenvalue weighted by Crippen LogP contribution is 2.33. The van der Waals surface area contributed by atoms with E-state index in [4.69, 9.17) is 28.0 Å². The Morgan fingerprint density at radius 1 is 1.18 bits per heavy atom. The molecule has 1 aliphatic rings. The van der Waals surface area contributed by atoms with Gasteiger partial charge in [0, 0.05) is 54.1 Å². The van der Waals surface area contributed by atoms with E-state index < -0.39 is 17.6 Å². The highest BCUT2D eigenvalue weighted by atomic mass is 35.5. The van der Waals surface area contributed by atoms with Crippen LogP contribution in [0.15, 0.2) is 41.6 Å². The van der Waals surface area contributed by atoms with Crippen LogP contribution in [-0.2, 0) is 0 Å². The van der Waals surface area contributed by atoms with Gasteiger partial charge in [-0.2, -0.15) is 9.89 Å². The van der Waals surface area contributed by atoms with Gasteiger partial charge in [-0.3, -0.25) is 9.99 Å². The number of aromatic nitrogens is 5. The monoisotopic (exact) mass is 491 g/mol. The van der Waals surface area contributed by atoms with Gasteiger partial charge >= 0.3 is 5.69 Å². The molecule has 9 nitrogen and oxygen atoms in total. The van der Waals surface area contributed by atoms with E-state index in [2.05, 4.69) is 25.4 Å². The lowest BCUT2D eigenvalue weighted by Crippen LogP contribution is -2.49. The summed E-state index contributed by atoms with van der Waals surface area (Å²) in [4.78, 5) is 27.3. The van der Waals surface area contributed by atoms with E-state index in [-0.39, 0.29) is 15.6 Å². The number of aromatic amines is 1. The first-order valence-corrected chi connectivity index (χ1v) is 11.1. The summed E-state index contributed by atoms with van der Waals surface area (Å²) in [6, 6.07) is 4.35. The molecule has 4 heterocycles. The van der Waals surface area contributed by atoms with Crippen molar-refractivity contribution in [2.45, 2.75) is 13.0 Å². The maximum Gasteiger partial charge on any atom is 0.360 e. The minimum absolute atomic E-state index is 0.151. The number of H-pyrrole nitrogens is 1. The standard InChI is InChI=1S/C21H20Cl2FN7O2/c1-12(18-15(22)2-3-16(24)19(18)23)33-31-17-8-13(9-26-20(17)28-21(31)32)14-10-27-30(11-14)29-6-4-25-5-7-29/h2-3,8-12,25H,4-7H2,1H3,(H,26,28,32). The molecule has 1 unspecified atom stereocenters. The summed E-state index contributed by atoms with van der Waals surface area (Å²) < 4.78 is 15.0. The zero-order valence-corrected chi connectivity index (χ0v) is 19.1. The lowest BCUT2D eigenvalue weighted by atomic mass is 10.1. The van der Waals surface area contributed by atoms with Crippen LogP contribution in [-0.4, -0.2) is 50.8 Å². The van der Waals surface area contributed by atoms with Crippen LogP contribution < -0.4 is 20.9 Å². The highest BCUT2D eigenvalue weighted by molar-refractivity contribution is 6.36. The summed E-state index contributed by atoms with van der Waals surface area (Å²) in [5.41, 5.74) is 2.09. The van der Waals surface area contributed by atoms with Gasteiger partial charge in [-0.15, -0.1) is 4.73 Å². The predicted octanol–water partition coefficient (Wildman–Crippen LogP) is 2.77. The van der Waals surface area contributed by atoms with Gasteiger partial charge in [0.1, 0.15) is 11.3 Å². The van der Waals surface area contributed by atoms with Gasteiger partial charge in [0.15, 0.2) is 11.8 Å². The second-order valence-corrected chi connectivity index (χ2v) is 8.46. The average Bonchev–Trinajstić information content (AvgIpc) is 3.42. The first kappa shape index (κ1) is 21.7. The molecule has 12 heteroatoms. The smallest absolute Gasteiger partial charge is 0.360 e. The summed E-state index contributed by atoms with van der Waals surface area (Å²) in [5, 5.41) is 9.98. The molecule has 0 amide bonds. The van der Waals surface area contributed by atoms with Crippen LogP contribution in [0.4, 0.5) is 4.39 Å². The number of hydrogen-bond donors (Lipinski definition) is 2. The summed E-state index contributed by atoms with van der Waals surface area (Å²) >= 11 is 12.3. The van der Waals surface area contributed by atoms with Gasteiger partial charge in [-0.1, -0.05) is 23.2 Å². The van der Waals surface area contributed by atoms with Crippen LogP contribution >= 0.6 is 23.2 Å². The number of pyridine rings is 1. The number of nitrogens with zero attached hydrogens (tertiary/aromatic N) is 5. The summed E-state index contributed by atoms with van der Waals surface area (Å²) in [5.74, 6) is -0.622. The van der Waals surface area contributed by atoms with Crippen molar-refractivity contribution in [2.75, 3.05) is 31.2 Å². The van der Waals surface area contributed by atoms with Crippen LogP contribution in [0.5, 0.6) is 0 Å². The summed E-state index contributed by atoms with van der Waals surface area (Å²) in [6.07, 6.45) is 4.51. The van der Waals surface area contributed by atoms with Crippen molar-refractivity contribution >= 4 is 34.4 Å². The van der Waals surface area contributed by atoms with Crippen molar-refractivity contribution in [1.29, 1.82) is 0 Å². The summed E-state index contributed by atoms with van der Waals surface area (Å²) in [6.45, 7) is 5.13. The van der Waals surface area contributed by atoms with Gasteiger partial charge in [-0.05, 0) is 25.1 Å². The molecule has 1 fully saturated rings.